The molecule has 1 saturated carbocycles. The zero-order valence-corrected chi connectivity index (χ0v) is 13.4. The molecule has 20 heavy (non-hydrogen) atoms. The Hall–Kier alpha value is -0.610. The van der Waals surface area contributed by atoms with Gasteiger partial charge in [0.15, 0.2) is 0 Å². The lowest BCUT2D eigenvalue weighted by Gasteiger charge is -2.35. The van der Waals surface area contributed by atoms with Gasteiger partial charge in [0.1, 0.15) is 0 Å². The van der Waals surface area contributed by atoms with Crippen LogP contribution in [0.3, 0.4) is 0 Å². The summed E-state index contributed by atoms with van der Waals surface area (Å²) in [5.41, 5.74) is 0. The van der Waals surface area contributed by atoms with E-state index < -0.39 is 0 Å². The molecule has 2 aliphatic rings. The van der Waals surface area contributed by atoms with Crippen molar-refractivity contribution in [2.45, 2.75) is 83.6 Å². The van der Waals surface area contributed by atoms with Gasteiger partial charge in [-0.25, -0.2) is 0 Å². The van der Waals surface area contributed by atoms with Crippen molar-refractivity contribution in [3.8, 4) is 0 Å². The molecule has 0 aromatic heterocycles. The molecule has 4 nitrogen and oxygen atoms in total. The van der Waals surface area contributed by atoms with Gasteiger partial charge in [0, 0.05) is 7.11 Å². The molecule has 1 N–H and O–H groups in total. The summed E-state index contributed by atoms with van der Waals surface area (Å²) < 4.78 is 5.61. The van der Waals surface area contributed by atoms with E-state index in [0.29, 0.717) is 11.8 Å². The fraction of sp³-hybridized carbons (Fsp3) is 0.938. The molecular weight excluding hydrogens is 252 g/mol. The number of unbranched alkanes of at least 4 members (excludes halogenated alkanes) is 1. The van der Waals surface area contributed by atoms with Gasteiger partial charge in [-0.3, -0.25) is 10.1 Å². The summed E-state index contributed by atoms with van der Waals surface area (Å²) in [4.78, 5) is 14.9. The van der Waals surface area contributed by atoms with E-state index in [1.807, 2.05) is 0 Å². The molecule has 1 saturated heterocycles. The molecule has 2 rings (SSSR count). The van der Waals surface area contributed by atoms with Crippen LogP contribution in [0.5, 0.6) is 0 Å². The second-order valence-electron chi connectivity index (χ2n) is 6.57. The predicted octanol–water partition coefficient (Wildman–Crippen LogP) is 2.53. The van der Waals surface area contributed by atoms with Gasteiger partial charge in [0.25, 0.3) is 0 Å². The van der Waals surface area contributed by atoms with Crippen LogP contribution in [-0.4, -0.2) is 42.3 Å². The third-order valence-electron chi connectivity index (χ3n) is 4.78. The smallest absolute Gasteiger partial charge is 0.241 e. The normalized spacial score (nSPS) is 34.5. The molecule has 1 aliphatic heterocycles. The monoisotopic (exact) mass is 282 g/mol. The molecule has 0 spiro atoms. The van der Waals surface area contributed by atoms with Gasteiger partial charge in [0.05, 0.1) is 24.4 Å². The van der Waals surface area contributed by atoms with Gasteiger partial charge in [-0.2, -0.15) is 0 Å². The van der Waals surface area contributed by atoms with E-state index >= 15 is 0 Å². The third-order valence-corrected chi connectivity index (χ3v) is 4.78. The molecule has 116 valence electrons. The zero-order valence-electron chi connectivity index (χ0n) is 13.4. The first-order valence-corrected chi connectivity index (χ1v) is 8.21. The lowest BCUT2D eigenvalue weighted by atomic mass is 10.1. The summed E-state index contributed by atoms with van der Waals surface area (Å²) >= 11 is 0. The van der Waals surface area contributed by atoms with Crippen molar-refractivity contribution in [1.82, 2.24) is 10.2 Å². The van der Waals surface area contributed by atoms with E-state index in [1.54, 1.807) is 7.11 Å². The zero-order chi connectivity index (χ0) is 14.7. The number of rotatable bonds is 6. The highest BCUT2D eigenvalue weighted by atomic mass is 16.5. The molecular formula is C16H30N2O2. The Kier molecular flexibility index (Phi) is 5.44. The van der Waals surface area contributed by atoms with E-state index in [0.717, 1.165) is 38.5 Å². The number of amides is 1. The van der Waals surface area contributed by atoms with Gasteiger partial charge in [-0.15, -0.1) is 0 Å². The van der Waals surface area contributed by atoms with Gasteiger partial charge in [0.2, 0.25) is 5.91 Å². The Labute approximate surface area is 123 Å². The second-order valence-corrected chi connectivity index (χ2v) is 6.57. The Morgan fingerprint density at radius 3 is 2.75 bits per heavy atom. The highest BCUT2D eigenvalue weighted by molar-refractivity contribution is 5.84. The molecule has 4 heteroatoms. The number of ether oxygens (including phenoxy) is 1. The Morgan fingerprint density at radius 1 is 1.40 bits per heavy atom. The number of hydrogen-bond donors (Lipinski definition) is 1. The van der Waals surface area contributed by atoms with Crippen molar-refractivity contribution in [1.29, 1.82) is 0 Å². The molecule has 1 aliphatic carbocycles. The summed E-state index contributed by atoms with van der Waals surface area (Å²) in [5.74, 6) is 0.731. The van der Waals surface area contributed by atoms with E-state index in [9.17, 15) is 4.79 Å². The lowest BCUT2D eigenvalue weighted by molar-refractivity contribution is -0.135. The number of nitrogens with zero attached hydrogens (tertiary/aromatic N) is 1. The van der Waals surface area contributed by atoms with Crippen molar-refractivity contribution in [3.05, 3.63) is 0 Å². The highest BCUT2D eigenvalue weighted by Crippen LogP contribution is 2.32. The Morgan fingerprint density at radius 2 is 2.15 bits per heavy atom. The summed E-state index contributed by atoms with van der Waals surface area (Å²) in [6.45, 7) is 6.56. The van der Waals surface area contributed by atoms with Crippen molar-refractivity contribution in [3.63, 3.8) is 0 Å². The van der Waals surface area contributed by atoms with E-state index in [1.165, 1.54) is 0 Å². The average Bonchev–Trinajstić information content (AvgIpc) is 3.00. The SMILES string of the molecule is CCCCC1NC(C(C)C)N(C2CCCC2OC)C1=O. The van der Waals surface area contributed by atoms with E-state index in [-0.39, 0.29) is 24.4 Å². The van der Waals surface area contributed by atoms with Gasteiger partial charge < -0.3 is 9.64 Å². The van der Waals surface area contributed by atoms with Crippen LogP contribution in [0.25, 0.3) is 0 Å². The molecule has 0 radical (unpaired) electrons. The van der Waals surface area contributed by atoms with Crippen LogP contribution in [0.1, 0.15) is 59.3 Å². The highest BCUT2D eigenvalue weighted by Gasteiger charge is 2.46. The first-order valence-electron chi connectivity index (χ1n) is 8.21. The molecule has 4 atom stereocenters. The largest absolute Gasteiger partial charge is 0.379 e. The summed E-state index contributed by atoms with van der Waals surface area (Å²) in [6.07, 6.45) is 6.92. The molecule has 2 fully saturated rings. The Bertz CT molecular complexity index is 332. The quantitative estimate of drug-likeness (QED) is 0.814. The summed E-state index contributed by atoms with van der Waals surface area (Å²) in [7, 11) is 1.77. The van der Waals surface area contributed by atoms with Crippen LogP contribution in [0, 0.1) is 5.92 Å². The van der Waals surface area contributed by atoms with Crippen LogP contribution in [0.15, 0.2) is 0 Å². The van der Waals surface area contributed by atoms with Crippen LogP contribution in [0.2, 0.25) is 0 Å². The number of nitrogens with one attached hydrogen (secondary N) is 1. The lowest BCUT2D eigenvalue weighted by Crippen LogP contribution is -2.50. The standard InChI is InChI=1S/C16H30N2O2/c1-5-6-8-12-16(19)18(15(17-12)11(2)3)13-9-7-10-14(13)20-4/h11-15,17H,5-10H2,1-4H3. The van der Waals surface area contributed by atoms with Crippen LogP contribution >= 0.6 is 0 Å². The van der Waals surface area contributed by atoms with E-state index in [2.05, 4.69) is 31.0 Å². The minimum absolute atomic E-state index is 0.0143. The molecule has 0 bridgehead atoms. The van der Waals surface area contributed by atoms with Crippen LogP contribution in [-0.2, 0) is 9.53 Å². The molecule has 4 unspecified atom stereocenters. The van der Waals surface area contributed by atoms with Crippen molar-refractivity contribution in [2.24, 2.45) is 5.92 Å². The number of carbonyl (C=O) groups excluding carboxylic acids is 1. The molecule has 1 heterocycles. The fourth-order valence-corrected chi connectivity index (χ4v) is 3.67. The summed E-state index contributed by atoms with van der Waals surface area (Å²) in [6, 6.07) is 0.277. The number of carbonyl (C=O) groups is 1. The third kappa shape index (κ3) is 3.01. The van der Waals surface area contributed by atoms with E-state index in [4.69, 9.17) is 4.74 Å². The maximum absolute atomic E-state index is 12.8. The van der Waals surface area contributed by atoms with Crippen molar-refractivity contribution < 1.29 is 9.53 Å². The predicted molar refractivity (Wildman–Crippen MR) is 80.4 cm³/mol. The van der Waals surface area contributed by atoms with Gasteiger partial charge in [-0.1, -0.05) is 33.6 Å². The minimum atomic E-state index is 0.0143. The number of hydrogen-bond acceptors (Lipinski definition) is 3. The molecule has 0 aromatic carbocycles. The van der Waals surface area contributed by atoms with Gasteiger partial charge >= 0.3 is 0 Å². The first-order chi connectivity index (χ1) is 9.60. The molecule has 0 aromatic rings. The fourth-order valence-electron chi connectivity index (χ4n) is 3.67. The first kappa shape index (κ1) is 15.8. The molecule has 1 amide bonds. The minimum Gasteiger partial charge on any atom is -0.379 e. The second kappa shape index (κ2) is 6.90. The maximum atomic E-state index is 12.8. The average molecular weight is 282 g/mol. The van der Waals surface area contributed by atoms with Crippen molar-refractivity contribution in [2.75, 3.05) is 7.11 Å². The van der Waals surface area contributed by atoms with Crippen molar-refractivity contribution >= 4 is 5.91 Å². The summed E-state index contributed by atoms with van der Waals surface area (Å²) in [5, 5.41) is 3.57. The topological polar surface area (TPSA) is 41.6 Å². The number of methoxy groups -OCH3 is 1. The maximum Gasteiger partial charge on any atom is 0.241 e. The van der Waals surface area contributed by atoms with Gasteiger partial charge in [-0.05, 0) is 31.6 Å². The van der Waals surface area contributed by atoms with Crippen LogP contribution < -0.4 is 5.32 Å². The Balaban J connectivity index is 2.13. The van der Waals surface area contributed by atoms with Crippen LogP contribution in [0.4, 0.5) is 0 Å².